The molecular formula is C16H24FNO. The topological polar surface area (TPSA) is 21.3 Å². The summed E-state index contributed by atoms with van der Waals surface area (Å²) in [6.07, 6.45) is 1.91. The van der Waals surface area contributed by atoms with Crippen molar-refractivity contribution in [3.63, 3.8) is 0 Å². The summed E-state index contributed by atoms with van der Waals surface area (Å²) in [4.78, 5) is 0. The molecule has 1 rings (SSSR count). The van der Waals surface area contributed by atoms with Crippen molar-refractivity contribution >= 4 is 0 Å². The highest BCUT2D eigenvalue weighted by Crippen LogP contribution is 2.12. The molecular weight excluding hydrogens is 241 g/mol. The number of halogens is 1. The van der Waals surface area contributed by atoms with Crippen LogP contribution in [0.2, 0.25) is 0 Å². The van der Waals surface area contributed by atoms with E-state index in [1.54, 1.807) is 0 Å². The minimum absolute atomic E-state index is 0.199. The second-order valence-corrected chi connectivity index (χ2v) is 4.86. The zero-order valence-electron chi connectivity index (χ0n) is 12.0. The molecule has 0 bridgehead atoms. The Morgan fingerprint density at radius 2 is 2.21 bits per heavy atom. The average Bonchev–Trinajstić information content (AvgIpc) is 2.38. The van der Waals surface area contributed by atoms with E-state index in [2.05, 4.69) is 18.8 Å². The lowest BCUT2D eigenvalue weighted by molar-refractivity contribution is 0.121. The largest absolute Gasteiger partial charge is 0.376 e. The van der Waals surface area contributed by atoms with Crippen LogP contribution in [0.5, 0.6) is 0 Å². The van der Waals surface area contributed by atoms with Gasteiger partial charge in [0.1, 0.15) is 5.82 Å². The smallest absolute Gasteiger partial charge is 0.128 e. The summed E-state index contributed by atoms with van der Waals surface area (Å²) in [6, 6.07) is 5.20. The van der Waals surface area contributed by atoms with Crippen molar-refractivity contribution in [3.05, 3.63) is 47.3 Å². The number of hydrogen-bond donors (Lipinski definition) is 1. The molecule has 19 heavy (non-hydrogen) atoms. The fourth-order valence-electron chi connectivity index (χ4n) is 1.69. The molecule has 1 aromatic rings. The molecule has 0 fully saturated rings. The minimum Gasteiger partial charge on any atom is -0.376 e. The van der Waals surface area contributed by atoms with Crippen LogP contribution in [0.1, 0.15) is 37.8 Å². The van der Waals surface area contributed by atoms with E-state index in [1.807, 2.05) is 19.1 Å². The summed E-state index contributed by atoms with van der Waals surface area (Å²) >= 11 is 0. The normalized spacial score (nSPS) is 10.7. The predicted octanol–water partition coefficient (Wildman–Crippen LogP) is 3.81. The summed E-state index contributed by atoms with van der Waals surface area (Å²) in [5, 5.41) is 3.31. The molecule has 0 aliphatic heterocycles. The van der Waals surface area contributed by atoms with Crippen molar-refractivity contribution in [2.75, 3.05) is 13.2 Å². The molecule has 0 heterocycles. The molecule has 0 aliphatic rings. The van der Waals surface area contributed by atoms with Gasteiger partial charge in [-0.2, -0.15) is 0 Å². The molecule has 1 aromatic carbocycles. The van der Waals surface area contributed by atoms with E-state index in [0.717, 1.165) is 37.1 Å². The molecule has 0 spiro atoms. The fraction of sp³-hybridized carbons (Fsp3) is 0.500. The van der Waals surface area contributed by atoms with Crippen molar-refractivity contribution in [1.82, 2.24) is 5.32 Å². The van der Waals surface area contributed by atoms with Gasteiger partial charge in [-0.1, -0.05) is 18.6 Å². The van der Waals surface area contributed by atoms with Crippen LogP contribution in [0.15, 0.2) is 30.4 Å². The number of benzene rings is 1. The Labute approximate surface area is 115 Å². The van der Waals surface area contributed by atoms with Gasteiger partial charge in [-0.05, 0) is 44.0 Å². The quantitative estimate of drug-likeness (QED) is 0.541. The summed E-state index contributed by atoms with van der Waals surface area (Å²) in [7, 11) is 0. The monoisotopic (exact) mass is 265 g/mol. The van der Waals surface area contributed by atoms with Gasteiger partial charge in [0.15, 0.2) is 0 Å². The molecule has 0 saturated carbocycles. The van der Waals surface area contributed by atoms with Gasteiger partial charge >= 0.3 is 0 Å². The molecule has 106 valence electrons. The van der Waals surface area contributed by atoms with Crippen molar-refractivity contribution in [2.45, 2.75) is 39.8 Å². The van der Waals surface area contributed by atoms with Crippen LogP contribution < -0.4 is 5.32 Å². The molecule has 0 saturated heterocycles. The van der Waals surface area contributed by atoms with E-state index in [9.17, 15) is 4.39 Å². The maximum absolute atomic E-state index is 13.6. The molecule has 0 radical (unpaired) electrons. The Morgan fingerprint density at radius 1 is 1.42 bits per heavy atom. The second-order valence-electron chi connectivity index (χ2n) is 4.86. The average molecular weight is 265 g/mol. The first-order chi connectivity index (χ1) is 9.13. The van der Waals surface area contributed by atoms with Crippen LogP contribution in [0, 0.1) is 5.82 Å². The van der Waals surface area contributed by atoms with E-state index in [0.29, 0.717) is 18.8 Å². The SMILES string of the molecule is C=C(C)CCOCc1cc(CNCCC)ccc1F. The molecule has 0 aliphatic carbocycles. The highest BCUT2D eigenvalue weighted by atomic mass is 19.1. The summed E-state index contributed by atoms with van der Waals surface area (Å²) in [6.45, 7) is 10.6. The standard InChI is InChI=1S/C16H24FNO/c1-4-8-18-11-14-5-6-16(17)15(10-14)12-19-9-7-13(2)3/h5-6,10,18H,2,4,7-9,11-12H2,1,3H3. The Bertz CT molecular complexity index is 404. The first-order valence-electron chi connectivity index (χ1n) is 6.83. The van der Waals surface area contributed by atoms with E-state index in [-0.39, 0.29) is 5.82 Å². The Hall–Kier alpha value is -1.19. The third-order valence-electron chi connectivity index (χ3n) is 2.80. The molecule has 3 heteroatoms. The van der Waals surface area contributed by atoms with Crippen molar-refractivity contribution in [3.8, 4) is 0 Å². The molecule has 0 amide bonds. The number of rotatable bonds is 9. The van der Waals surface area contributed by atoms with Gasteiger partial charge in [0.25, 0.3) is 0 Å². The maximum Gasteiger partial charge on any atom is 0.128 e. The number of nitrogens with one attached hydrogen (secondary N) is 1. The minimum atomic E-state index is -0.199. The van der Waals surface area contributed by atoms with E-state index in [1.165, 1.54) is 6.07 Å². The van der Waals surface area contributed by atoms with E-state index >= 15 is 0 Å². The van der Waals surface area contributed by atoms with Crippen LogP contribution >= 0.6 is 0 Å². The zero-order chi connectivity index (χ0) is 14.1. The lowest BCUT2D eigenvalue weighted by Crippen LogP contribution is -2.14. The van der Waals surface area contributed by atoms with Gasteiger partial charge in [-0.25, -0.2) is 4.39 Å². The van der Waals surface area contributed by atoms with Crippen molar-refractivity contribution in [2.24, 2.45) is 0 Å². The Kier molecular flexibility index (Phi) is 7.38. The Morgan fingerprint density at radius 3 is 2.89 bits per heavy atom. The lowest BCUT2D eigenvalue weighted by Gasteiger charge is -2.09. The summed E-state index contributed by atoms with van der Waals surface area (Å²) in [5.74, 6) is -0.199. The van der Waals surface area contributed by atoms with Crippen LogP contribution in [0.4, 0.5) is 4.39 Å². The fourth-order valence-corrected chi connectivity index (χ4v) is 1.69. The van der Waals surface area contributed by atoms with Gasteiger partial charge in [0.2, 0.25) is 0 Å². The first kappa shape index (κ1) is 15.9. The Balaban J connectivity index is 2.46. The highest BCUT2D eigenvalue weighted by molar-refractivity contribution is 5.24. The van der Waals surface area contributed by atoms with E-state index in [4.69, 9.17) is 4.74 Å². The van der Waals surface area contributed by atoms with Crippen LogP contribution in [0.3, 0.4) is 0 Å². The molecule has 0 unspecified atom stereocenters. The van der Waals surface area contributed by atoms with Crippen LogP contribution in [-0.2, 0) is 17.9 Å². The third kappa shape index (κ3) is 6.50. The third-order valence-corrected chi connectivity index (χ3v) is 2.80. The summed E-state index contributed by atoms with van der Waals surface area (Å²) in [5.41, 5.74) is 2.80. The van der Waals surface area contributed by atoms with Crippen LogP contribution in [0.25, 0.3) is 0 Å². The second kappa shape index (κ2) is 8.83. The van der Waals surface area contributed by atoms with Gasteiger partial charge in [0, 0.05) is 12.1 Å². The van der Waals surface area contributed by atoms with Crippen molar-refractivity contribution < 1.29 is 9.13 Å². The lowest BCUT2D eigenvalue weighted by atomic mass is 10.1. The highest BCUT2D eigenvalue weighted by Gasteiger charge is 2.04. The number of hydrogen-bond acceptors (Lipinski definition) is 2. The number of ether oxygens (including phenoxy) is 1. The summed E-state index contributed by atoms with van der Waals surface area (Å²) < 4.78 is 19.1. The molecule has 2 nitrogen and oxygen atoms in total. The van der Waals surface area contributed by atoms with Gasteiger partial charge in [-0.3, -0.25) is 0 Å². The maximum atomic E-state index is 13.6. The first-order valence-corrected chi connectivity index (χ1v) is 6.83. The van der Waals surface area contributed by atoms with E-state index < -0.39 is 0 Å². The van der Waals surface area contributed by atoms with Crippen molar-refractivity contribution in [1.29, 1.82) is 0 Å². The van der Waals surface area contributed by atoms with Crippen LogP contribution in [-0.4, -0.2) is 13.2 Å². The zero-order valence-corrected chi connectivity index (χ0v) is 12.0. The van der Waals surface area contributed by atoms with Gasteiger partial charge in [0.05, 0.1) is 13.2 Å². The molecule has 0 atom stereocenters. The van der Waals surface area contributed by atoms with Gasteiger partial charge < -0.3 is 10.1 Å². The molecule has 1 N–H and O–H groups in total. The molecule has 0 aromatic heterocycles. The van der Waals surface area contributed by atoms with Gasteiger partial charge in [-0.15, -0.1) is 6.58 Å². The predicted molar refractivity (Wildman–Crippen MR) is 77.5 cm³/mol.